The molecule has 1 atom stereocenters. The summed E-state index contributed by atoms with van der Waals surface area (Å²) < 4.78 is 5.64. The van der Waals surface area contributed by atoms with Crippen molar-refractivity contribution in [2.75, 3.05) is 13.2 Å². The van der Waals surface area contributed by atoms with Gasteiger partial charge in [-0.25, -0.2) is 4.98 Å². The van der Waals surface area contributed by atoms with E-state index >= 15 is 0 Å². The lowest BCUT2D eigenvalue weighted by atomic mass is 10.1. The van der Waals surface area contributed by atoms with Crippen LogP contribution in [-0.4, -0.2) is 29.1 Å². The van der Waals surface area contributed by atoms with Crippen molar-refractivity contribution in [3.8, 4) is 5.88 Å². The highest BCUT2D eigenvalue weighted by molar-refractivity contribution is 5.29. The number of nitrogens with zero attached hydrogens (tertiary/aromatic N) is 2. The lowest BCUT2D eigenvalue weighted by Gasteiger charge is -2.29. The Morgan fingerprint density at radius 1 is 1.53 bits per heavy atom. The monoisotopic (exact) mass is 234 g/mol. The molecule has 0 aliphatic carbocycles. The topological polar surface area (TPSA) is 25.4 Å². The van der Waals surface area contributed by atoms with Crippen molar-refractivity contribution in [2.24, 2.45) is 0 Å². The van der Waals surface area contributed by atoms with Crippen LogP contribution in [-0.2, 0) is 0 Å². The maximum atomic E-state index is 5.64. The van der Waals surface area contributed by atoms with E-state index in [9.17, 15) is 0 Å². The molecule has 0 bridgehead atoms. The van der Waals surface area contributed by atoms with Gasteiger partial charge in [0, 0.05) is 23.8 Å². The fourth-order valence-corrected chi connectivity index (χ4v) is 2.66. The normalized spacial score (nSPS) is 21.1. The van der Waals surface area contributed by atoms with Gasteiger partial charge in [-0.3, -0.25) is 4.90 Å². The van der Waals surface area contributed by atoms with Gasteiger partial charge < -0.3 is 4.74 Å². The van der Waals surface area contributed by atoms with E-state index in [0.29, 0.717) is 18.7 Å². The summed E-state index contributed by atoms with van der Waals surface area (Å²) in [5.74, 6) is 0.813. The Morgan fingerprint density at radius 3 is 3.06 bits per heavy atom. The van der Waals surface area contributed by atoms with Crippen LogP contribution >= 0.6 is 0 Å². The number of pyridine rings is 1. The van der Waals surface area contributed by atoms with Crippen molar-refractivity contribution in [1.29, 1.82) is 0 Å². The number of likely N-dealkylation sites (tertiary alicyclic amines) is 1. The van der Waals surface area contributed by atoms with Crippen LogP contribution in [0.3, 0.4) is 0 Å². The zero-order valence-electron chi connectivity index (χ0n) is 11.0. The summed E-state index contributed by atoms with van der Waals surface area (Å²) in [6, 6.07) is 5.22. The van der Waals surface area contributed by atoms with Crippen LogP contribution in [0, 0.1) is 0 Å². The molecule has 0 radical (unpaired) electrons. The van der Waals surface area contributed by atoms with Crippen LogP contribution < -0.4 is 4.74 Å². The molecule has 3 heteroatoms. The molecule has 3 nitrogen and oxygen atoms in total. The van der Waals surface area contributed by atoms with E-state index < -0.39 is 0 Å². The average molecular weight is 234 g/mol. The first-order chi connectivity index (χ1) is 8.24. The smallest absolute Gasteiger partial charge is 0.218 e. The average Bonchev–Trinajstić information content (AvgIpc) is 2.79. The Hall–Kier alpha value is -1.09. The molecule has 2 rings (SSSR count). The van der Waals surface area contributed by atoms with Gasteiger partial charge in [-0.1, -0.05) is 6.07 Å². The van der Waals surface area contributed by atoms with E-state index in [-0.39, 0.29) is 0 Å². The van der Waals surface area contributed by atoms with Crippen LogP contribution in [0.4, 0.5) is 0 Å². The van der Waals surface area contributed by atoms with Crippen molar-refractivity contribution in [3.63, 3.8) is 0 Å². The molecule has 1 fully saturated rings. The maximum absolute atomic E-state index is 5.64. The Morgan fingerprint density at radius 2 is 2.35 bits per heavy atom. The van der Waals surface area contributed by atoms with Gasteiger partial charge in [0.15, 0.2) is 0 Å². The minimum Gasteiger partial charge on any atom is -0.478 e. The number of hydrogen-bond acceptors (Lipinski definition) is 3. The molecule has 1 aliphatic rings. The van der Waals surface area contributed by atoms with Crippen molar-refractivity contribution in [1.82, 2.24) is 9.88 Å². The summed E-state index contributed by atoms with van der Waals surface area (Å²) in [6.45, 7) is 8.39. The first-order valence-corrected chi connectivity index (χ1v) is 6.57. The minimum atomic E-state index is 0.477. The van der Waals surface area contributed by atoms with Crippen molar-refractivity contribution >= 4 is 0 Å². The Bertz CT molecular complexity index is 365. The molecule has 1 aromatic rings. The Balaban J connectivity index is 2.26. The summed E-state index contributed by atoms with van der Waals surface area (Å²) in [6.07, 6.45) is 4.29. The van der Waals surface area contributed by atoms with Gasteiger partial charge in [0.25, 0.3) is 0 Å². The largest absolute Gasteiger partial charge is 0.478 e. The molecule has 0 saturated carbocycles. The maximum Gasteiger partial charge on any atom is 0.218 e. The van der Waals surface area contributed by atoms with E-state index in [1.54, 1.807) is 0 Å². The highest BCUT2D eigenvalue weighted by Gasteiger charge is 2.30. The van der Waals surface area contributed by atoms with Gasteiger partial charge in [-0.05, 0) is 46.2 Å². The zero-order valence-corrected chi connectivity index (χ0v) is 11.0. The predicted octanol–water partition coefficient (Wildman–Crippen LogP) is 3.03. The number of hydrogen-bond donors (Lipinski definition) is 0. The van der Waals surface area contributed by atoms with Crippen LogP contribution in [0.15, 0.2) is 18.3 Å². The Labute approximate surface area is 104 Å². The number of aromatic nitrogens is 1. The summed E-state index contributed by atoms with van der Waals surface area (Å²) in [4.78, 5) is 6.90. The van der Waals surface area contributed by atoms with Gasteiger partial charge >= 0.3 is 0 Å². The summed E-state index contributed by atoms with van der Waals surface area (Å²) in [5.41, 5.74) is 1.25. The summed E-state index contributed by atoms with van der Waals surface area (Å²) >= 11 is 0. The third-order valence-corrected chi connectivity index (χ3v) is 3.40. The molecule has 2 heterocycles. The van der Waals surface area contributed by atoms with Crippen LogP contribution in [0.1, 0.15) is 45.2 Å². The molecule has 0 aromatic carbocycles. The third kappa shape index (κ3) is 2.60. The van der Waals surface area contributed by atoms with E-state index in [1.807, 2.05) is 19.2 Å². The molecule has 1 aliphatic heterocycles. The number of rotatable bonds is 4. The quantitative estimate of drug-likeness (QED) is 0.800. The molecule has 1 aromatic heterocycles. The van der Waals surface area contributed by atoms with E-state index in [0.717, 1.165) is 5.88 Å². The fraction of sp³-hybridized carbons (Fsp3) is 0.643. The fourth-order valence-electron chi connectivity index (χ4n) is 2.66. The van der Waals surface area contributed by atoms with Crippen molar-refractivity contribution in [3.05, 3.63) is 23.9 Å². The Kier molecular flexibility index (Phi) is 4.00. The van der Waals surface area contributed by atoms with Crippen LogP contribution in [0.5, 0.6) is 5.88 Å². The van der Waals surface area contributed by atoms with Gasteiger partial charge in [0.2, 0.25) is 5.88 Å². The lowest BCUT2D eigenvalue weighted by Crippen LogP contribution is -2.30. The summed E-state index contributed by atoms with van der Waals surface area (Å²) in [7, 11) is 0. The van der Waals surface area contributed by atoms with Crippen LogP contribution in [0.2, 0.25) is 0 Å². The first kappa shape index (κ1) is 12.4. The molecular formula is C14H22N2O. The standard InChI is InChI=1S/C14H22N2O/c1-4-17-14-12(7-5-9-15-14)13-8-6-10-16(13)11(2)3/h5,7,9,11,13H,4,6,8,10H2,1-3H3/t13-/m1/s1. The SMILES string of the molecule is CCOc1ncccc1[C@H]1CCCN1C(C)C. The highest BCUT2D eigenvalue weighted by Crippen LogP contribution is 2.36. The van der Waals surface area contributed by atoms with Gasteiger partial charge in [-0.15, -0.1) is 0 Å². The second kappa shape index (κ2) is 5.50. The molecule has 1 saturated heterocycles. The molecular weight excluding hydrogens is 212 g/mol. The lowest BCUT2D eigenvalue weighted by molar-refractivity contribution is 0.199. The van der Waals surface area contributed by atoms with Crippen molar-refractivity contribution < 1.29 is 4.74 Å². The first-order valence-electron chi connectivity index (χ1n) is 6.57. The highest BCUT2D eigenvalue weighted by atomic mass is 16.5. The van der Waals surface area contributed by atoms with Gasteiger partial charge in [-0.2, -0.15) is 0 Å². The second-order valence-electron chi connectivity index (χ2n) is 4.82. The summed E-state index contributed by atoms with van der Waals surface area (Å²) in [5, 5.41) is 0. The molecule has 0 spiro atoms. The predicted molar refractivity (Wildman–Crippen MR) is 69.2 cm³/mol. The van der Waals surface area contributed by atoms with Gasteiger partial charge in [0.05, 0.1) is 6.61 Å². The molecule has 94 valence electrons. The second-order valence-corrected chi connectivity index (χ2v) is 4.82. The van der Waals surface area contributed by atoms with E-state index in [2.05, 4.69) is 29.8 Å². The molecule has 0 N–H and O–H groups in total. The van der Waals surface area contributed by atoms with E-state index in [1.165, 1.54) is 24.9 Å². The third-order valence-electron chi connectivity index (χ3n) is 3.40. The molecule has 17 heavy (non-hydrogen) atoms. The van der Waals surface area contributed by atoms with Crippen molar-refractivity contribution in [2.45, 2.75) is 45.7 Å². The minimum absolute atomic E-state index is 0.477. The van der Waals surface area contributed by atoms with E-state index in [4.69, 9.17) is 4.74 Å². The molecule has 0 unspecified atom stereocenters. The number of ether oxygens (including phenoxy) is 1. The zero-order chi connectivity index (χ0) is 12.3. The van der Waals surface area contributed by atoms with Gasteiger partial charge in [0.1, 0.15) is 0 Å². The van der Waals surface area contributed by atoms with Crippen LogP contribution in [0.25, 0.3) is 0 Å². The molecule has 0 amide bonds.